The number of hydrogen-bond donors (Lipinski definition) is 2. The van der Waals surface area contributed by atoms with Gasteiger partial charge >= 0.3 is 0 Å². The molecule has 96 valence electrons. The standard InChI is InChI=1S/C13H16FN3O/c1-9(2)17-12(18)8-16-7-11-5-3-4-10(6-15)13(11)14/h3-5,9,16H,7-8H2,1-2H3,(H,17,18). The van der Waals surface area contributed by atoms with Crippen LogP contribution < -0.4 is 10.6 Å². The second-order valence-corrected chi connectivity index (χ2v) is 4.22. The summed E-state index contributed by atoms with van der Waals surface area (Å²) in [5.74, 6) is -0.668. The highest BCUT2D eigenvalue weighted by Crippen LogP contribution is 2.11. The average Bonchev–Trinajstić information content (AvgIpc) is 2.30. The molecule has 0 aromatic heterocycles. The number of nitrogens with one attached hydrogen (secondary N) is 2. The highest BCUT2D eigenvalue weighted by Gasteiger charge is 2.08. The fraction of sp³-hybridized carbons (Fsp3) is 0.385. The maximum absolute atomic E-state index is 13.6. The molecule has 0 atom stereocenters. The van der Waals surface area contributed by atoms with Crippen LogP contribution in [0.5, 0.6) is 0 Å². The van der Waals surface area contributed by atoms with Crippen molar-refractivity contribution in [2.75, 3.05) is 6.54 Å². The molecule has 4 nitrogen and oxygen atoms in total. The van der Waals surface area contributed by atoms with E-state index in [9.17, 15) is 9.18 Å². The minimum Gasteiger partial charge on any atom is -0.353 e. The van der Waals surface area contributed by atoms with Crippen LogP contribution in [-0.4, -0.2) is 18.5 Å². The second-order valence-electron chi connectivity index (χ2n) is 4.22. The molecule has 0 saturated carbocycles. The fourth-order valence-corrected chi connectivity index (χ4v) is 1.49. The summed E-state index contributed by atoms with van der Waals surface area (Å²) < 4.78 is 13.6. The van der Waals surface area contributed by atoms with Crippen molar-refractivity contribution in [2.24, 2.45) is 0 Å². The third kappa shape index (κ3) is 4.15. The van der Waals surface area contributed by atoms with Crippen molar-refractivity contribution in [2.45, 2.75) is 26.4 Å². The smallest absolute Gasteiger partial charge is 0.234 e. The first-order valence-electron chi connectivity index (χ1n) is 5.72. The number of amides is 1. The van der Waals surface area contributed by atoms with Gasteiger partial charge in [0, 0.05) is 18.2 Å². The van der Waals surface area contributed by atoms with Gasteiger partial charge in [-0.05, 0) is 19.9 Å². The third-order valence-electron chi connectivity index (χ3n) is 2.25. The maximum Gasteiger partial charge on any atom is 0.234 e. The zero-order chi connectivity index (χ0) is 13.5. The van der Waals surface area contributed by atoms with Crippen molar-refractivity contribution in [3.63, 3.8) is 0 Å². The van der Waals surface area contributed by atoms with Crippen LogP contribution in [0.2, 0.25) is 0 Å². The number of rotatable bonds is 5. The quantitative estimate of drug-likeness (QED) is 0.827. The lowest BCUT2D eigenvalue weighted by Gasteiger charge is -2.09. The molecule has 0 heterocycles. The van der Waals surface area contributed by atoms with Crippen LogP contribution in [0.15, 0.2) is 18.2 Å². The molecule has 0 spiro atoms. The van der Waals surface area contributed by atoms with Gasteiger partial charge in [0.05, 0.1) is 12.1 Å². The first-order valence-corrected chi connectivity index (χ1v) is 5.72. The van der Waals surface area contributed by atoms with Crippen LogP contribution in [0.3, 0.4) is 0 Å². The molecule has 0 aliphatic rings. The summed E-state index contributed by atoms with van der Waals surface area (Å²) in [5.41, 5.74) is 0.396. The minimum atomic E-state index is -0.531. The Hall–Kier alpha value is -1.93. The maximum atomic E-state index is 13.6. The molecule has 1 amide bonds. The number of carbonyl (C=O) groups excluding carboxylic acids is 1. The Bertz CT molecular complexity index is 466. The number of hydrogen-bond acceptors (Lipinski definition) is 3. The van der Waals surface area contributed by atoms with Crippen LogP contribution in [0.1, 0.15) is 25.0 Å². The molecule has 0 aliphatic heterocycles. The third-order valence-corrected chi connectivity index (χ3v) is 2.25. The van der Waals surface area contributed by atoms with Gasteiger partial charge in [0.15, 0.2) is 0 Å². The normalized spacial score (nSPS) is 10.2. The largest absolute Gasteiger partial charge is 0.353 e. The van der Waals surface area contributed by atoms with Gasteiger partial charge in [-0.2, -0.15) is 5.26 Å². The van der Waals surface area contributed by atoms with E-state index < -0.39 is 5.82 Å². The van der Waals surface area contributed by atoms with Crippen LogP contribution in [0.4, 0.5) is 4.39 Å². The summed E-state index contributed by atoms with van der Waals surface area (Å²) in [7, 11) is 0. The van der Waals surface area contributed by atoms with Gasteiger partial charge in [0.25, 0.3) is 0 Å². The van der Waals surface area contributed by atoms with Gasteiger partial charge in [0.1, 0.15) is 11.9 Å². The van der Waals surface area contributed by atoms with Gasteiger partial charge in [0.2, 0.25) is 5.91 Å². The zero-order valence-electron chi connectivity index (χ0n) is 10.5. The number of nitrogens with zero attached hydrogens (tertiary/aromatic N) is 1. The molecular weight excluding hydrogens is 233 g/mol. The lowest BCUT2D eigenvalue weighted by atomic mass is 10.1. The SMILES string of the molecule is CC(C)NC(=O)CNCc1cccc(C#N)c1F. The van der Waals surface area contributed by atoms with Crippen molar-refractivity contribution in [1.29, 1.82) is 5.26 Å². The van der Waals surface area contributed by atoms with E-state index in [1.54, 1.807) is 18.2 Å². The molecule has 0 aliphatic carbocycles. The predicted molar refractivity (Wildman–Crippen MR) is 66.1 cm³/mol. The van der Waals surface area contributed by atoms with Crippen molar-refractivity contribution in [3.05, 3.63) is 35.1 Å². The van der Waals surface area contributed by atoms with Gasteiger partial charge in [-0.25, -0.2) is 4.39 Å². The molecule has 1 rings (SSSR count). The molecular formula is C13H16FN3O. The van der Waals surface area contributed by atoms with E-state index in [1.165, 1.54) is 6.07 Å². The highest BCUT2D eigenvalue weighted by molar-refractivity contribution is 5.78. The monoisotopic (exact) mass is 249 g/mol. The number of halogens is 1. The van der Waals surface area contributed by atoms with Gasteiger partial charge < -0.3 is 10.6 Å². The van der Waals surface area contributed by atoms with E-state index in [1.807, 2.05) is 13.8 Å². The Labute approximate surface area is 106 Å². The predicted octanol–water partition coefficient (Wildman–Crippen LogP) is 1.31. The Balaban J connectivity index is 2.50. The van der Waals surface area contributed by atoms with Gasteiger partial charge in [-0.1, -0.05) is 12.1 Å². The minimum absolute atomic E-state index is 0.0148. The molecule has 0 unspecified atom stereocenters. The summed E-state index contributed by atoms with van der Waals surface area (Å²) in [6.45, 7) is 4.07. The van der Waals surface area contributed by atoms with E-state index in [-0.39, 0.29) is 30.6 Å². The number of nitriles is 1. The van der Waals surface area contributed by atoms with Crippen molar-refractivity contribution >= 4 is 5.91 Å². The molecule has 18 heavy (non-hydrogen) atoms. The van der Waals surface area contributed by atoms with Crippen LogP contribution in [-0.2, 0) is 11.3 Å². The van der Waals surface area contributed by atoms with Gasteiger partial charge in [-0.3, -0.25) is 4.79 Å². The molecule has 1 aromatic rings. The molecule has 0 bridgehead atoms. The Kier molecular flexibility index (Phi) is 5.28. The van der Waals surface area contributed by atoms with E-state index in [4.69, 9.17) is 5.26 Å². The van der Waals surface area contributed by atoms with Crippen molar-refractivity contribution < 1.29 is 9.18 Å². The lowest BCUT2D eigenvalue weighted by Crippen LogP contribution is -2.37. The Morgan fingerprint density at radius 3 is 2.83 bits per heavy atom. The first-order chi connectivity index (χ1) is 8.54. The van der Waals surface area contributed by atoms with E-state index in [0.717, 1.165) is 0 Å². The van der Waals surface area contributed by atoms with Crippen molar-refractivity contribution in [3.8, 4) is 6.07 Å². The summed E-state index contributed by atoms with van der Waals surface area (Å²) in [5, 5.41) is 14.2. The lowest BCUT2D eigenvalue weighted by molar-refractivity contribution is -0.120. The average molecular weight is 249 g/mol. The summed E-state index contributed by atoms with van der Waals surface area (Å²) >= 11 is 0. The number of carbonyl (C=O) groups is 1. The summed E-state index contributed by atoms with van der Waals surface area (Å²) in [6.07, 6.45) is 0. The Morgan fingerprint density at radius 2 is 2.22 bits per heavy atom. The zero-order valence-corrected chi connectivity index (χ0v) is 10.5. The van der Waals surface area contributed by atoms with E-state index in [0.29, 0.717) is 5.56 Å². The molecule has 1 aromatic carbocycles. The van der Waals surface area contributed by atoms with E-state index in [2.05, 4.69) is 10.6 Å². The molecule has 0 saturated heterocycles. The topological polar surface area (TPSA) is 64.9 Å². The van der Waals surface area contributed by atoms with Crippen molar-refractivity contribution in [1.82, 2.24) is 10.6 Å². The van der Waals surface area contributed by atoms with Crippen LogP contribution in [0.25, 0.3) is 0 Å². The van der Waals surface area contributed by atoms with Gasteiger partial charge in [-0.15, -0.1) is 0 Å². The highest BCUT2D eigenvalue weighted by atomic mass is 19.1. The molecule has 0 fully saturated rings. The second kappa shape index (κ2) is 6.72. The van der Waals surface area contributed by atoms with Crippen LogP contribution in [0, 0.1) is 17.1 Å². The fourth-order valence-electron chi connectivity index (χ4n) is 1.49. The molecule has 5 heteroatoms. The summed E-state index contributed by atoms with van der Waals surface area (Å²) in [6, 6.07) is 6.49. The summed E-state index contributed by atoms with van der Waals surface area (Å²) in [4.78, 5) is 11.3. The molecule has 0 radical (unpaired) electrons. The molecule has 2 N–H and O–H groups in total. The number of benzene rings is 1. The Morgan fingerprint density at radius 1 is 1.50 bits per heavy atom. The van der Waals surface area contributed by atoms with E-state index >= 15 is 0 Å². The van der Waals surface area contributed by atoms with Crippen LogP contribution >= 0.6 is 0 Å². The first kappa shape index (κ1) is 14.1.